The number of ether oxygens (including phenoxy) is 2. The van der Waals surface area contributed by atoms with E-state index in [9.17, 15) is 4.79 Å². The maximum absolute atomic E-state index is 12.3. The van der Waals surface area contributed by atoms with Gasteiger partial charge in [0, 0.05) is 26.7 Å². The number of carbonyl (C=O) groups excluding carboxylic acids is 1. The highest BCUT2D eigenvalue weighted by Crippen LogP contribution is 2.16. The lowest BCUT2D eigenvalue weighted by atomic mass is 10.0. The molecular weight excluding hydrogens is 365 g/mol. The van der Waals surface area contributed by atoms with Gasteiger partial charge in [0.05, 0.1) is 25.9 Å². The number of hydrogen-bond donors (Lipinski definition) is 2. The van der Waals surface area contributed by atoms with Crippen LogP contribution >= 0.6 is 24.8 Å². The highest BCUT2D eigenvalue weighted by atomic mass is 35.5. The van der Waals surface area contributed by atoms with Gasteiger partial charge in [-0.1, -0.05) is 29.8 Å². The minimum Gasteiger partial charge on any atom is -0.383 e. The van der Waals surface area contributed by atoms with E-state index in [0.717, 1.165) is 38.4 Å². The molecule has 1 aromatic carbocycles. The highest BCUT2D eigenvalue weighted by Gasteiger charge is 2.22. The van der Waals surface area contributed by atoms with Crippen molar-refractivity contribution in [1.29, 1.82) is 0 Å². The summed E-state index contributed by atoms with van der Waals surface area (Å²) >= 11 is 0. The average molecular weight is 394 g/mol. The first-order chi connectivity index (χ1) is 11.1. The van der Waals surface area contributed by atoms with Crippen molar-refractivity contribution < 1.29 is 14.3 Å². The number of nitrogens with one attached hydrogen (secondary N) is 1. The quantitative estimate of drug-likeness (QED) is 0.729. The van der Waals surface area contributed by atoms with Gasteiger partial charge in [-0.05, 0) is 12.5 Å². The SMILES string of the molecule is COCC(N)C(=O)NC(CN1CCOCC1)c1ccc(C)cc1.Cl.Cl. The maximum Gasteiger partial charge on any atom is 0.239 e. The molecule has 0 radical (unpaired) electrons. The molecule has 1 aliphatic heterocycles. The number of nitrogens with two attached hydrogens (primary N) is 1. The zero-order valence-electron chi connectivity index (χ0n) is 14.8. The Kier molecular flexibility index (Phi) is 12.0. The Labute approximate surface area is 162 Å². The van der Waals surface area contributed by atoms with Crippen LogP contribution in [0.1, 0.15) is 17.2 Å². The molecule has 1 aliphatic rings. The lowest BCUT2D eigenvalue weighted by molar-refractivity contribution is -0.124. The molecule has 2 rings (SSSR count). The molecule has 144 valence electrons. The van der Waals surface area contributed by atoms with Gasteiger partial charge in [0.15, 0.2) is 0 Å². The van der Waals surface area contributed by atoms with Crippen LogP contribution in [0.15, 0.2) is 24.3 Å². The molecule has 3 N–H and O–H groups in total. The Balaban J connectivity index is 0.00000288. The largest absolute Gasteiger partial charge is 0.383 e. The maximum atomic E-state index is 12.3. The number of hydrogen-bond acceptors (Lipinski definition) is 5. The van der Waals surface area contributed by atoms with Gasteiger partial charge < -0.3 is 20.5 Å². The summed E-state index contributed by atoms with van der Waals surface area (Å²) in [7, 11) is 1.54. The molecular formula is C17H29Cl2N3O3. The van der Waals surface area contributed by atoms with E-state index < -0.39 is 6.04 Å². The van der Waals surface area contributed by atoms with Crippen LogP contribution in [0.3, 0.4) is 0 Å². The van der Waals surface area contributed by atoms with Crippen LogP contribution < -0.4 is 11.1 Å². The van der Waals surface area contributed by atoms with E-state index in [1.807, 2.05) is 6.92 Å². The van der Waals surface area contributed by atoms with Crippen molar-refractivity contribution in [3.63, 3.8) is 0 Å². The second-order valence-corrected chi connectivity index (χ2v) is 5.95. The van der Waals surface area contributed by atoms with Crippen LogP contribution in [-0.4, -0.2) is 63.4 Å². The molecule has 1 saturated heterocycles. The van der Waals surface area contributed by atoms with Crippen LogP contribution in [0.25, 0.3) is 0 Å². The van der Waals surface area contributed by atoms with Gasteiger partial charge in [-0.3, -0.25) is 9.69 Å². The number of amides is 1. The smallest absolute Gasteiger partial charge is 0.239 e. The number of rotatable bonds is 7. The van der Waals surface area contributed by atoms with Crippen molar-refractivity contribution in [3.05, 3.63) is 35.4 Å². The number of carbonyl (C=O) groups is 1. The van der Waals surface area contributed by atoms with Gasteiger partial charge in [0.1, 0.15) is 6.04 Å². The van der Waals surface area contributed by atoms with E-state index in [0.29, 0.717) is 0 Å². The zero-order chi connectivity index (χ0) is 16.7. The molecule has 0 spiro atoms. The fourth-order valence-electron chi connectivity index (χ4n) is 2.61. The predicted octanol–water partition coefficient (Wildman–Crippen LogP) is 1.30. The molecule has 1 fully saturated rings. The van der Waals surface area contributed by atoms with E-state index in [2.05, 4.69) is 34.5 Å². The number of aryl methyl sites for hydroxylation is 1. The predicted molar refractivity (Wildman–Crippen MR) is 104 cm³/mol. The average Bonchev–Trinajstić information content (AvgIpc) is 2.56. The Morgan fingerprint density at radius 2 is 1.88 bits per heavy atom. The fraction of sp³-hybridized carbons (Fsp3) is 0.588. The van der Waals surface area contributed by atoms with Crippen LogP contribution in [0.4, 0.5) is 0 Å². The monoisotopic (exact) mass is 393 g/mol. The van der Waals surface area contributed by atoms with Gasteiger partial charge in [-0.2, -0.15) is 0 Å². The van der Waals surface area contributed by atoms with Crippen LogP contribution in [-0.2, 0) is 14.3 Å². The molecule has 8 heteroatoms. The standard InChI is InChI=1S/C17H27N3O3.2ClH/c1-13-3-5-14(6-4-13)16(11-20-7-9-23-10-8-20)19-17(21)15(18)12-22-2;;/h3-6,15-16H,7-12,18H2,1-2H3,(H,19,21);2*1H. The van der Waals surface area contributed by atoms with Crippen molar-refractivity contribution in [2.75, 3.05) is 46.6 Å². The molecule has 1 amide bonds. The molecule has 0 bridgehead atoms. The normalized spacial score (nSPS) is 16.9. The second-order valence-electron chi connectivity index (χ2n) is 5.95. The van der Waals surface area contributed by atoms with Crippen molar-refractivity contribution in [2.45, 2.75) is 19.0 Å². The topological polar surface area (TPSA) is 76.8 Å². The number of morpholine rings is 1. The van der Waals surface area contributed by atoms with Crippen molar-refractivity contribution in [1.82, 2.24) is 10.2 Å². The Morgan fingerprint density at radius 3 is 2.44 bits per heavy atom. The summed E-state index contributed by atoms with van der Waals surface area (Å²) in [5.41, 5.74) is 8.12. The summed E-state index contributed by atoms with van der Waals surface area (Å²) in [6.07, 6.45) is 0. The molecule has 2 atom stereocenters. The van der Waals surface area contributed by atoms with Crippen LogP contribution in [0, 0.1) is 6.92 Å². The minimum absolute atomic E-state index is 0. The molecule has 0 aromatic heterocycles. The second kappa shape index (κ2) is 12.5. The van der Waals surface area contributed by atoms with Gasteiger partial charge >= 0.3 is 0 Å². The summed E-state index contributed by atoms with van der Waals surface area (Å²) < 4.78 is 10.4. The summed E-state index contributed by atoms with van der Waals surface area (Å²) in [5, 5.41) is 3.06. The molecule has 0 saturated carbocycles. The number of nitrogens with zero attached hydrogens (tertiary/aromatic N) is 1. The summed E-state index contributed by atoms with van der Waals surface area (Å²) in [6.45, 7) is 6.23. The molecule has 2 unspecified atom stereocenters. The number of benzene rings is 1. The van der Waals surface area contributed by atoms with E-state index in [4.69, 9.17) is 15.2 Å². The lowest BCUT2D eigenvalue weighted by Gasteiger charge is -2.31. The summed E-state index contributed by atoms with van der Waals surface area (Å²) in [6, 6.07) is 7.48. The first-order valence-electron chi connectivity index (χ1n) is 8.01. The Bertz CT molecular complexity index is 496. The third-order valence-electron chi connectivity index (χ3n) is 4.02. The Hall–Kier alpha value is -0.890. The third kappa shape index (κ3) is 7.90. The van der Waals surface area contributed by atoms with Crippen LogP contribution in [0.5, 0.6) is 0 Å². The van der Waals surface area contributed by atoms with E-state index >= 15 is 0 Å². The van der Waals surface area contributed by atoms with Gasteiger partial charge in [0.25, 0.3) is 0 Å². The van der Waals surface area contributed by atoms with Crippen molar-refractivity contribution in [2.24, 2.45) is 5.73 Å². The van der Waals surface area contributed by atoms with Gasteiger partial charge in [-0.15, -0.1) is 24.8 Å². The zero-order valence-corrected chi connectivity index (χ0v) is 16.4. The van der Waals surface area contributed by atoms with Gasteiger partial charge in [0.2, 0.25) is 5.91 Å². The Morgan fingerprint density at radius 1 is 1.28 bits per heavy atom. The lowest BCUT2D eigenvalue weighted by Crippen LogP contribution is -2.48. The minimum atomic E-state index is -0.655. The number of halogens is 2. The molecule has 0 aliphatic carbocycles. The van der Waals surface area contributed by atoms with E-state index in [1.54, 1.807) is 7.11 Å². The van der Waals surface area contributed by atoms with E-state index in [1.165, 1.54) is 5.56 Å². The number of methoxy groups -OCH3 is 1. The van der Waals surface area contributed by atoms with Crippen molar-refractivity contribution in [3.8, 4) is 0 Å². The van der Waals surface area contributed by atoms with Crippen LogP contribution in [0.2, 0.25) is 0 Å². The first-order valence-corrected chi connectivity index (χ1v) is 8.01. The molecule has 1 heterocycles. The molecule has 1 aromatic rings. The van der Waals surface area contributed by atoms with E-state index in [-0.39, 0.29) is 43.4 Å². The molecule has 25 heavy (non-hydrogen) atoms. The highest BCUT2D eigenvalue weighted by molar-refractivity contribution is 5.85. The molecule has 6 nitrogen and oxygen atoms in total. The van der Waals surface area contributed by atoms with Gasteiger partial charge in [-0.25, -0.2) is 0 Å². The fourth-order valence-corrected chi connectivity index (χ4v) is 2.61. The summed E-state index contributed by atoms with van der Waals surface area (Å²) in [4.78, 5) is 14.6. The summed E-state index contributed by atoms with van der Waals surface area (Å²) in [5.74, 6) is -0.189. The van der Waals surface area contributed by atoms with Crippen molar-refractivity contribution >= 4 is 30.7 Å². The third-order valence-corrected chi connectivity index (χ3v) is 4.02. The first kappa shape index (κ1) is 24.1.